The number of anilines is 3. The summed E-state index contributed by atoms with van der Waals surface area (Å²) in [4.78, 5) is 14.5. The van der Waals surface area contributed by atoms with E-state index in [1.54, 1.807) is 6.07 Å². The van der Waals surface area contributed by atoms with Crippen molar-refractivity contribution >= 4 is 34.6 Å². The number of nitrogens with zero attached hydrogens (tertiary/aromatic N) is 1. The molecule has 2 N–H and O–H groups in total. The zero-order chi connectivity index (χ0) is 16.1. The number of benzene rings is 2. The lowest BCUT2D eigenvalue weighted by molar-refractivity contribution is -0.114. The second-order valence-electron chi connectivity index (χ2n) is 5.59. The Hall–Kier alpha value is -2.20. The van der Waals surface area contributed by atoms with Gasteiger partial charge in [-0.15, -0.1) is 0 Å². The molecule has 0 spiro atoms. The van der Waals surface area contributed by atoms with Gasteiger partial charge in [0.1, 0.15) is 0 Å². The van der Waals surface area contributed by atoms with Crippen molar-refractivity contribution in [3.8, 4) is 0 Å². The third-order valence-electron chi connectivity index (χ3n) is 3.94. The first-order chi connectivity index (χ1) is 11.2. The Labute approximate surface area is 141 Å². The van der Waals surface area contributed by atoms with Gasteiger partial charge in [-0.2, -0.15) is 0 Å². The summed E-state index contributed by atoms with van der Waals surface area (Å²) in [6, 6.07) is 15.3. The molecule has 0 saturated carbocycles. The number of para-hydroxylation sites is 3. The van der Waals surface area contributed by atoms with Crippen LogP contribution in [0.25, 0.3) is 0 Å². The van der Waals surface area contributed by atoms with Gasteiger partial charge in [0.05, 0.1) is 28.6 Å². The van der Waals surface area contributed by atoms with Gasteiger partial charge in [-0.25, -0.2) is 0 Å². The van der Waals surface area contributed by atoms with E-state index in [1.807, 2.05) is 36.4 Å². The van der Waals surface area contributed by atoms with E-state index in [2.05, 4.69) is 21.6 Å². The topological polar surface area (TPSA) is 44.4 Å². The second-order valence-corrected chi connectivity index (χ2v) is 6.00. The molecule has 1 aliphatic heterocycles. The van der Waals surface area contributed by atoms with Crippen LogP contribution in [-0.4, -0.2) is 25.5 Å². The SMILES string of the molecule is O=C(CNc1ccccc1Cl)Nc1ccccc1N1CCCC1. The highest BCUT2D eigenvalue weighted by Gasteiger charge is 2.16. The first kappa shape index (κ1) is 15.7. The van der Waals surface area contributed by atoms with E-state index in [1.165, 1.54) is 12.8 Å². The fourth-order valence-electron chi connectivity index (χ4n) is 2.79. The third-order valence-corrected chi connectivity index (χ3v) is 4.27. The average Bonchev–Trinajstić information content (AvgIpc) is 3.09. The third kappa shape index (κ3) is 3.96. The van der Waals surface area contributed by atoms with Crippen molar-refractivity contribution in [1.82, 2.24) is 0 Å². The molecule has 0 bridgehead atoms. The van der Waals surface area contributed by atoms with Gasteiger partial charge < -0.3 is 15.5 Å². The van der Waals surface area contributed by atoms with Crippen LogP contribution < -0.4 is 15.5 Å². The van der Waals surface area contributed by atoms with Gasteiger partial charge in [0.2, 0.25) is 5.91 Å². The number of halogens is 1. The molecule has 1 saturated heterocycles. The first-order valence-corrected chi connectivity index (χ1v) is 8.24. The summed E-state index contributed by atoms with van der Waals surface area (Å²) < 4.78 is 0. The standard InChI is InChI=1S/C18H20ClN3O/c19-14-7-1-2-8-15(14)20-13-18(23)21-16-9-3-4-10-17(16)22-11-5-6-12-22/h1-4,7-10,20H,5-6,11-13H2,(H,21,23). The summed E-state index contributed by atoms with van der Waals surface area (Å²) in [5, 5.41) is 6.66. The maximum Gasteiger partial charge on any atom is 0.243 e. The number of carbonyl (C=O) groups excluding carboxylic acids is 1. The lowest BCUT2D eigenvalue weighted by atomic mass is 10.2. The summed E-state index contributed by atoms with van der Waals surface area (Å²) in [5.41, 5.74) is 2.72. The molecule has 1 amide bonds. The van der Waals surface area contributed by atoms with E-state index in [0.29, 0.717) is 5.02 Å². The van der Waals surface area contributed by atoms with Gasteiger partial charge in [0.25, 0.3) is 0 Å². The zero-order valence-corrected chi connectivity index (χ0v) is 13.6. The summed E-state index contributed by atoms with van der Waals surface area (Å²) in [7, 11) is 0. The highest BCUT2D eigenvalue weighted by molar-refractivity contribution is 6.33. The quantitative estimate of drug-likeness (QED) is 0.871. The minimum atomic E-state index is -0.0865. The molecule has 23 heavy (non-hydrogen) atoms. The maximum absolute atomic E-state index is 12.2. The summed E-state index contributed by atoms with van der Waals surface area (Å²) in [5.74, 6) is -0.0865. The van der Waals surface area contributed by atoms with Gasteiger partial charge in [-0.3, -0.25) is 4.79 Å². The number of hydrogen-bond acceptors (Lipinski definition) is 3. The van der Waals surface area contributed by atoms with Crippen molar-refractivity contribution < 1.29 is 4.79 Å². The number of carbonyl (C=O) groups is 1. The lowest BCUT2D eigenvalue weighted by Gasteiger charge is -2.21. The van der Waals surface area contributed by atoms with Crippen LogP contribution in [0.2, 0.25) is 5.02 Å². The number of amides is 1. The smallest absolute Gasteiger partial charge is 0.243 e. The van der Waals surface area contributed by atoms with E-state index >= 15 is 0 Å². The largest absolute Gasteiger partial charge is 0.375 e. The van der Waals surface area contributed by atoms with Crippen LogP contribution in [0.4, 0.5) is 17.1 Å². The van der Waals surface area contributed by atoms with E-state index in [-0.39, 0.29) is 12.5 Å². The fraction of sp³-hybridized carbons (Fsp3) is 0.278. The van der Waals surface area contributed by atoms with Gasteiger partial charge >= 0.3 is 0 Å². The molecule has 3 rings (SSSR count). The molecule has 0 unspecified atom stereocenters. The molecule has 0 atom stereocenters. The Morgan fingerprint density at radius 3 is 2.39 bits per heavy atom. The molecule has 0 aliphatic carbocycles. The van der Waals surface area contributed by atoms with Crippen LogP contribution in [0, 0.1) is 0 Å². The highest BCUT2D eigenvalue weighted by atomic mass is 35.5. The Morgan fingerprint density at radius 1 is 1.00 bits per heavy atom. The van der Waals surface area contributed by atoms with Crippen molar-refractivity contribution in [2.24, 2.45) is 0 Å². The first-order valence-electron chi connectivity index (χ1n) is 7.86. The highest BCUT2D eigenvalue weighted by Crippen LogP contribution is 2.28. The Kier molecular flexibility index (Phi) is 5.03. The Morgan fingerprint density at radius 2 is 1.65 bits per heavy atom. The van der Waals surface area contributed by atoms with E-state index in [0.717, 1.165) is 30.2 Å². The molecule has 2 aromatic carbocycles. The predicted molar refractivity (Wildman–Crippen MR) is 96.5 cm³/mol. The van der Waals surface area contributed by atoms with Gasteiger partial charge in [0.15, 0.2) is 0 Å². The molecule has 0 aromatic heterocycles. The molecular formula is C18H20ClN3O. The van der Waals surface area contributed by atoms with Crippen molar-refractivity contribution in [1.29, 1.82) is 0 Å². The molecule has 2 aromatic rings. The molecule has 4 nitrogen and oxygen atoms in total. The van der Waals surface area contributed by atoms with Crippen molar-refractivity contribution in [2.75, 3.05) is 35.2 Å². The lowest BCUT2D eigenvalue weighted by Crippen LogP contribution is -2.24. The summed E-state index contributed by atoms with van der Waals surface area (Å²) in [6.07, 6.45) is 2.41. The number of hydrogen-bond donors (Lipinski definition) is 2. The van der Waals surface area contributed by atoms with E-state index < -0.39 is 0 Å². The van der Waals surface area contributed by atoms with E-state index in [4.69, 9.17) is 11.6 Å². The Bertz CT molecular complexity index is 683. The zero-order valence-electron chi connectivity index (χ0n) is 12.9. The molecule has 1 aliphatic rings. The van der Waals surface area contributed by atoms with Crippen LogP contribution >= 0.6 is 11.6 Å². The maximum atomic E-state index is 12.2. The molecule has 0 radical (unpaired) electrons. The molecule has 5 heteroatoms. The van der Waals surface area contributed by atoms with Crippen LogP contribution in [0.15, 0.2) is 48.5 Å². The van der Waals surface area contributed by atoms with Crippen LogP contribution in [0.3, 0.4) is 0 Å². The average molecular weight is 330 g/mol. The van der Waals surface area contributed by atoms with E-state index in [9.17, 15) is 4.79 Å². The molecular weight excluding hydrogens is 310 g/mol. The minimum Gasteiger partial charge on any atom is -0.375 e. The van der Waals surface area contributed by atoms with Gasteiger partial charge in [0, 0.05) is 13.1 Å². The Balaban J connectivity index is 1.63. The molecule has 120 valence electrons. The number of nitrogens with one attached hydrogen (secondary N) is 2. The molecule has 1 fully saturated rings. The van der Waals surface area contributed by atoms with Crippen LogP contribution in [-0.2, 0) is 4.79 Å². The fourth-order valence-corrected chi connectivity index (χ4v) is 2.99. The monoisotopic (exact) mass is 329 g/mol. The minimum absolute atomic E-state index is 0.0865. The molecule has 1 heterocycles. The van der Waals surface area contributed by atoms with Crippen LogP contribution in [0.5, 0.6) is 0 Å². The second kappa shape index (κ2) is 7.38. The summed E-state index contributed by atoms with van der Waals surface area (Å²) in [6.45, 7) is 2.27. The normalized spacial score (nSPS) is 13.9. The van der Waals surface area contributed by atoms with Crippen LogP contribution in [0.1, 0.15) is 12.8 Å². The van der Waals surface area contributed by atoms with Crippen molar-refractivity contribution in [2.45, 2.75) is 12.8 Å². The van der Waals surface area contributed by atoms with Gasteiger partial charge in [-0.1, -0.05) is 35.9 Å². The van der Waals surface area contributed by atoms with Gasteiger partial charge in [-0.05, 0) is 37.1 Å². The predicted octanol–water partition coefficient (Wildman–Crippen LogP) is 3.99. The summed E-state index contributed by atoms with van der Waals surface area (Å²) >= 11 is 6.08. The van der Waals surface area contributed by atoms with Crippen molar-refractivity contribution in [3.63, 3.8) is 0 Å². The van der Waals surface area contributed by atoms with Crippen molar-refractivity contribution in [3.05, 3.63) is 53.6 Å². The number of rotatable bonds is 5.